The highest BCUT2D eigenvalue weighted by Gasteiger charge is 2.24. The minimum atomic E-state index is -0.302. The first-order valence-electron chi connectivity index (χ1n) is 6.96. The first-order chi connectivity index (χ1) is 9.59. The van der Waals surface area contributed by atoms with Gasteiger partial charge in [-0.05, 0) is 12.8 Å². The molecule has 1 aliphatic rings. The molecule has 20 heavy (non-hydrogen) atoms. The summed E-state index contributed by atoms with van der Waals surface area (Å²) in [5.74, 6) is -0.333. The summed E-state index contributed by atoms with van der Waals surface area (Å²) in [7, 11) is 3.43. The average molecular weight is 279 g/mol. The van der Waals surface area contributed by atoms with Crippen molar-refractivity contribution in [1.29, 1.82) is 0 Å². The molecule has 1 aromatic rings. The van der Waals surface area contributed by atoms with Gasteiger partial charge < -0.3 is 9.80 Å². The van der Waals surface area contributed by atoms with Gasteiger partial charge in [-0.3, -0.25) is 9.59 Å². The number of nitrogens with zero attached hydrogens (tertiary/aromatic N) is 4. The van der Waals surface area contributed by atoms with Gasteiger partial charge in [-0.2, -0.15) is 15.4 Å². The Hall–Kier alpha value is -1.92. The molecule has 0 radical (unpaired) electrons. The van der Waals surface area contributed by atoms with Crippen LogP contribution in [0.25, 0.3) is 0 Å². The molecule has 0 bridgehead atoms. The molecule has 2 amide bonds. The summed E-state index contributed by atoms with van der Waals surface area (Å²) in [6.07, 6.45) is 7.08. The van der Waals surface area contributed by atoms with E-state index in [0.717, 1.165) is 12.8 Å². The van der Waals surface area contributed by atoms with Crippen molar-refractivity contribution in [3.8, 4) is 0 Å². The first kappa shape index (κ1) is 14.5. The summed E-state index contributed by atoms with van der Waals surface area (Å²) in [5, 5.41) is 9.71. The van der Waals surface area contributed by atoms with E-state index in [1.807, 2.05) is 7.05 Å². The molecule has 0 unspecified atom stereocenters. The van der Waals surface area contributed by atoms with E-state index in [4.69, 9.17) is 0 Å². The van der Waals surface area contributed by atoms with Crippen LogP contribution in [0.4, 0.5) is 0 Å². The zero-order chi connectivity index (χ0) is 14.5. The molecule has 0 spiro atoms. The predicted octanol–water partition coefficient (Wildman–Crippen LogP) is 0.668. The van der Waals surface area contributed by atoms with E-state index in [1.165, 1.54) is 30.4 Å². The van der Waals surface area contributed by atoms with Gasteiger partial charge in [-0.15, -0.1) is 0 Å². The van der Waals surface area contributed by atoms with Crippen LogP contribution in [-0.4, -0.2) is 63.7 Å². The standard InChI is InChI=1S/C13H21N5O2/c1-17(13(20)11-8-14-16-15-11)9-12(19)18(2)10-6-4-3-5-7-10/h8,10H,3-7,9H2,1-2H3,(H,14,15,16). The monoisotopic (exact) mass is 279 g/mol. The molecule has 0 aromatic carbocycles. The van der Waals surface area contributed by atoms with Gasteiger partial charge in [-0.25, -0.2) is 0 Å². The lowest BCUT2D eigenvalue weighted by atomic mass is 9.94. The van der Waals surface area contributed by atoms with Crippen LogP contribution < -0.4 is 0 Å². The Labute approximate surface area is 118 Å². The maximum atomic E-state index is 12.2. The van der Waals surface area contributed by atoms with E-state index in [9.17, 15) is 9.59 Å². The molecule has 1 N–H and O–H groups in total. The Morgan fingerprint density at radius 2 is 2.00 bits per heavy atom. The number of H-pyrrole nitrogens is 1. The second-order valence-corrected chi connectivity index (χ2v) is 5.31. The van der Waals surface area contributed by atoms with Gasteiger partial charge in [0.1, 0.15) is 0 Å². The van der Waals surface area contributed by atoms with Crippen LogP contribution in [0.15, 0.2) is 6.20 Å². The number of amides is 2. The molecule has 1 fully saturated rings. The Morgan fingerprint density at radius 1 is 1.30 bits per heavy atom. The van der Waals surface area contributed by atoms with E-state index in [1.54, 1.807) is 11.9 Å². The lowest BCUT2D eigenvalue weighted by molar-refractivity contribution is -0.133. The van der Waals surface area contributed by atoms with Crippen molar-refractivity contribution >= 4 is 11.8 Å². The summed E-state index contributed by atoms with van der Waals surface area (Å²) in [6.45, 7) is 0.0681. The van der Waals surface area contributed by atoms with Crippen LogP contribution >= 0.6 is 0 Å². The third-order valence-electron chi connectivity index (χ3n) is 3.87. The van der Waals surface area contributed by atoms with Crippen LogP contribution in [0.5, 0.6) is 0 Å². The Kier molecular flexibility index (Phi) is 4.70. The second-order valence-electron chi connectivity index (χ2n) is 5.31. The normalized spacial score (nSPS) is 15.9. The maximum Gasteiger partial charge on any atom is 0.276 e. The molecule has 2 rings (SSSR count). The smallest absolute Gasteiger partial charge is 0.276 e. The van der Waals surface area contributed by atoms with Crippen LogP contribution in [0.2, 0.25) is 0 Å². The lowest BCUT2D eigenvalue weighted by Crippen LogP contribution is -2.44. The minimum absolute atomic E-state index is 0.0313. The quantitative estimate of drug-likeness (QED) is 0.878. The molecule has 1 aliphatic carbocycles. The summed E-state index contributed by atoms with van der Waals surface area (Å²) in [4.78, 5) is 27.3. The fourth-order valence-electron chi connectivity index (χ4n) is 2.56. The number of nitrogens with one attached hydrogen (secondary N) is 1. The van der Waals surface area contributed by atoms with Crippen molar-refractivity contribution in [3.63, 3.8) is 0 Å². The van der Waals surface area contributed by atoms with Gasteiger partial charge in [0, 0.05) is 20.1 Å². The van der Waals surface area contributed by atoms with Crippen LogP contribution in [0.1, 0.15) is 42.6 Å². The number of likely N-dealkylation sites (N-methyl/N-ethyl adjacent to an activating group) is 2. The number of carbonyl (C=O) groups excluding carboxylic acids is 2. The second kappa shape index (κ2) is 6.49. The zero-order valence-electron chi connectivity index (χ0n) is 12.0. The van der Waals surface area contributed by atoms with Crippen molar-refractivity contribution in [2.45, 2.75) is 38.1 Å². The molecule has 1 heterocycles. The van der Waals surface area contributed by atoms with Gasteiger partial charge >= 0.3 is 0 Å². The van der Waals surface area contributed by atoms with Gasteiger partial charge in [-0.1, -0.05) is 19.3 Å². The average Bonchev–Trinajstić information content (AvgIpc) is 3.00. The number of rotatable bonds is 4. The van der Waals surface area contributed by atoms with E-state index in [2.05, 4.69) is 15.4 Å². The van der Waals surface area contributed by atoms with Crippen LogP contribution in [-0.2, 0) is 4.79 Å². The van der Waals surface area contributed by atoms with Crippen molar-refractivity contribution in [1.82, 2.24) is 25.2 Å². The van der Waals surface area contributed by atoms with Crippen molar-refractivity contribution in [2.24, 2.45) is 0 Å². The molecule has 7 heteroatoms. The predicted molar refractivity (Wildman–Crippen MR) is 73.0 cm³/mol. The third-order valence-corrected chi connectivity index (χ3v) is 3.87. The minimum Gasteiger partial charge on any atom is -0.341 e. The summed E-state index contributed by atoms with van der Waals surface area (Å²) in [6, 6.07) is 0.312. The van der Waals surface area contributed by atoms with E-state index >= 15 is 0 Å². The Balaban J connectivity index is 1.88. The van der Waals surface area contributed by atoms with Gasteiger partial charge in [0.05, 0.1) is 12.7 Å². The fourth-order valence-corrected chi connectivity index (χ4v) is 2.56. The molecule has 1 saturated carbocycles. The molecular formula is C13H21N5O2. The number of aromatic amines is 1. The molecular weight excluding hydrogens is 258 g/mol. The van der Waals surface area contributed by atoms with Gasteiger partial charge in [0.2, 0.25) is 5.91 Å². The number of hydrogen-bond acceptors (Lipinski definition) is 4. The first-order valence-corrected chi connectivity index (χ1v) is 6.96. The van der Waals surface area contributed by atoms with Gasteiger partial charge in [0.15, 0.2) is 5.69 Å². The largest absolute Gasteiger partial charge is 0.341 e. The highest BCUT2D eigenvalue weighted by Crippen LogP contribution is 2.21. The molecule has 0 saturated heterocycles. The number of aromatic nitrogens is 3. The van der Waals surface area contributed by atoms with Crippen LogP contribution in [0.3, 0.4) is 0 Å². The van der Waals surface area contributed by atoms with Gasteiger partial charge in [0.25, 0.3) is 5.91 Å². The lowest BCUT2D eigenvalue weighted by Gasteiger charge is -2.32. The molecule has 0 aliphatic heterocycles. The van der Waals surface area contributed by atoms with E-state index < -0.39 is 0 Å². The number of hydrogen-bond donors (Lipinski definition) is 1. The summed E-state index contributed by atoms with van der Waals surface area (Å²) in [5.41, 5.74) is 0.223. The molecule has 0 atom stereocenters. The molecule has 1 aromatic heterocycles. The Bertz CT molecular complexity index is 453. The van der Waals surface area contributed by atoms with Crippen molar-refractivity contribution in [3.05, 3.63) is 11.9 Å². The zero-order valence-corrected chi connectivity index (χ0v) is 12.0. The van der Waals surface area contributed by atoms with E-state index in [-0.39, 0.29) is 24.1 Å². The molecule has 7 nitrogen and oxygen atoms in total. The number of carbonyl (C=O) groups is 2. The topological polar surface area (TPSA) is 82.2 Å². The van der Waals surface area contributed by atoms with Crippen molar-refractivity contribution in [2.75, 3.05) is 20.6 Å². The highest BCUT2D eigenvalue weighted by molar-refractivity contribution is 5.94. The summed E-state index contributed by atoms with van der Waals surface area (Å²) >= 11 is 0. The summed E-state index contributed by atoms with van der Waals surface area (Å²) < 4.78 is 0. The molecule has 110 valence electrons. The third kappa shape index (κ3) is 3.34. The highest BCUT2D eigenvalue weighted by atomic mass is 16.2. The maximum absolute atomic E-state index is 12.2. The van der Waals surface area contributed by atoms with E-state index in [0.29, 0.717) is 6.04 Å². The fraction of sp³-hybridized carbons (Fsp3) is 0.692. The Morgan fingerprint density at radius 3 is 2.60 bits per heavy atom. The van der Waals surface area contributed by atoms with Crippen LogP contribution in [0, 0.1) is 0 Å². The SMILES string of the molecule is CN(CC(=O)N(C)C1CCCCC1)C(=O)c1cn[nH]n1. The van der Waals surface area contributed by atoms with Crippen molar-refractivity contribution < 1.29 is 9.59 Å².